The van der Waals surface area contributed by atoms with E-state index >= 15 is 0 Å². The summed E-state index contributed by atoms with van der Waals surface area (Å²) in [5.74, 6) is -0.817. The lowest BCUT2D eigenvalue weighted by Crippen LogP contribution is -2.42. The molecule has 0 aromatic heterocycles. The number of esters is 1. The maximum Gasteiger partial charge on any atom is 0.324 e. The van der Waals surface area contributed by atoms with E-state index in [0.29, 0.717) is 12.8 Å². The van der Waals surface area contributed by atoms with E-state index in [1.807, 2.05) is 13.8 Å². The van der Waals surface area contributed by atoms with Gasteiger partial charge in [0.15, 0.2) is 5.96 Å². The van der Waals surface area contributed by atoms with Crippen molar-refractivity contribution in [3.63, 3.8) is 0 Å². The van der Waals surface area contributed by atoms with Crippen molar-refractivity contribution in [2.24, 2.45) is 16.5 Å². The number of carbonyl (C=O) groups excluding carboxylic acids is 1. The number of aliphatic imine (C=N–C) groups is 1. The van der Waals surface area contributed by atoms with E-state index in [4.69, 9.17) is 31.5 Å². The van der Waals surface area contributed by atoms with Crippen LogP contribution in [0.5, 0.6) is 0 Å². The lowest BCUT2D eigenvalue weighted by atomic mass is 10.1. The highest BCUT2D eigenvalue weighted by atomic mass is 32.2. The molecule has 3 aromatic rings. The summed E-state index contributed by atoms with van der Waals surface area (Å²) < 4.78 is 63.4. The third-order valence-corrected chi connectivity index (χ3v) is 8.33. The highest BCUT2D eigenvalue weighted by Crippen LogP contribution is 2.30. The first-order valence-corrected chi connectivity index (χ1v) is 16.2. The van der Waals surface area contributed by atoms with E-state index in [9.17, 15) is 31.7 Å². The van der Waals surface area contributed by atoms with E-state index in [-0.39, 0.29) is 51.8 Å². The summed E-state index contributed by atoms with van der Waals surface area (Å²) in [6, 6.07) is 13.2. The van der Waals surface area contributed by atoms with Crippen LogP contribution in [0.25, 0.3) is 10.8 Å². The van der Waals surface area contributed by atoms with Gasteiger partial charge in [-0.2, -0.15) is 13.1 Å². The van der Waals surface area contributed by atoms with E-state index in [2.05, 4.69) is 9.71 Å². The summed E-state index contributed by atoms with van der Waals surface area (Å²) in [6.45, 7) is 4.15. The van der Waals surface area contributed by atoms with E-state index in [1.165, 1.54) is 48.5 Å². The van der Waals surface area contributed by atoms with Gasteiger partial charge < -0.3 is 16.2 Å². The molecule has 0 saturated carbocycles. The SMILES string of the molecule is CCCCOC(=O)[C@H](CCCN=C(N)N)NS(=O)(=O)c1cccc2c([N+](=O)[O-])cccc12.Cc1ccc(S(=O)(=O)O)cc1.N#N. The van der Waals surface area contributed by atoms with Gasteiger partial charge >= 0.3 is 5.97 Å². The second-order valence-electron chi connectivity index (χ2n) is 9.32. The number of nitrogens with one attached hydrogen (secondary N) is 1. The number of nitrogens with zero attached hydrogens (tertiary/aromatic N) is 4. The first-order valence-electron chi connectivity index (χ1n) is 13.3. The minimum atomic E-state index is -4.22. The molecule has 0 bridgehead atoms. The molecule has 1 atom stereocenters. The van der Waals surface area contributed by atoms with Crippen LogP contribution < -0.4 is 16.2 Å². The van der Waals surface area contributed by atoms with Crippen LogP contribution in [0.15, 0.2) is 75.4 Å². The van der Waals surface area contributed by atoms with Crippen LogP contribution in [0, 0.1) is 27.8 Å². The number of non-ortho nitro benzene ring substituents is 1. The van der Waals surface area contributed by atoms with Crippen molar-refractivity contribution in [1.29, 1.82) is 10.8 Å². The lowest BCUT2D eigenvalue weighted by Gasteiger charge is -2.18. The van der Waals surface area contributed by atoms with Crippen molar-refractivity contribution in [1.82, 2.24) is 4.72 Å². The molecule has 16 nitrogen and oxygen atoms in total. The van der Waals surface area contributed by atoms with Crippen LogP contribution >= 0.6 is 0 Å². The maximum absolute atomic E-state index is 13.2. The Kier molecular flexibility index (Phi) is 15.5. The number of benzene rings is 3. The normalized spacial score (nSPS) is 11.6. The number of ether oxygens (including phenoxy) is 1. The van der Waals surface area contributed by atoms with Gasteiger partial charge in [0.05, 0.1) is 26.7 Å². The van der Waals surface area contributed by atoms with Gasteiger partial charge in [-0.1, -0.05) is 49.2 Å². The number of aryl methyl sites for hydroxylation is 1. The number of unbranched alkanes of at least 4 members (excludes halogenated alkanes) is 1. The minimum Gasteiger partial charge on any atom is -0.465 e. The van der Waals surface area contributed by atoms with E-state index < -0.39 is 37.1 Å². The van der Waals surface area contributed by atoms with Crippen LogP contribution in [0.3, 0.4) is 0 Å². The molecule has 244 valence electrons. The Bertz CT molecular complexity index is 1710. The number of hydrogen-bond donors (Lipinski definition) is 4. The molecule has 3 aromatic carbocycles. The smallest absolute Gasteiger partial charge is 0.324 e. The molecular weight excluding hydrogens is 630 g/mol. The Labute approximate surface area is 260 Å². The zero-order valence-electron chi connectivity index (χ0n) is 24.6. The number of nitro benzene ring substituents is 1. The van der Waals surface area contributed by atoms with Gasteiger partial charge in [-0.3, -0.25) is 24.5 Å². The van der Waals surface area contributed by atoms with Crippen molar-refractivity contribution < 1.29 is 35.8 Å². The standard InChI is InChI=1S/C20H27N5O6S.C7H8O3S.N2/c1-2-3-13-31-19(26)16(9-6-12-23-20(21)22)24-32(29,30)18-11-5-7-14-15(18)8-4-10-17(14)25(27)28;1-6-2-4-7(5-3-6)11(8,9)10;1-2/h4-5,7-8,10-11,16,24H,2-3,6,9,12-13H2,1H3,(H4,21,22,23);2-5H,1H3,(H,8,9,10);/t16-;;/m0../s1. The predicted octanol–water partition coefficient (Wildman–Crippen LogP) is 3.06. The molecule has 6 N–H and O–H groups in total. The number of fused-ring (bicyclic) bond motifs is 1. The van der Waals surface area contributed by atoms with Crippen molar-refractivity contribution in [2.75, 3.05) is 13.2 Å². The number of rotatable bonds is 13. The van der Waals surface area contributed by atoms with Crippen molar-refractivity contribution >= 4 is 48.5 Å². The number of nitro groups is 1. The van der Waals surface area contributed by atoms with E-state index in [0.717, 1.165) is 12.0 Å². The summed E-state index contributed by atoms with van der Waals surface area (Å²) in [5, 5.41) is 23.7. The van der Waals surface area contributed by atoms with Crippen LogP contribution in [-0.4, -0.2) is 57.4 Å². The fourth-order valence-electron chi connectivity index (χ4n) is 3.77. The average Bonchev–Trinajstić information content (AvgIpc) is 2.99. The molecule has 0 heterocycles. The molecule has 0 aliphatic heterocycles. The Morgan fingerprint density at radius 1 is 1.02 bits per heavy atom. The summed E-state index contributed by atoms with van der Waals surface area (Å²) in [7, 11) is -8.24. The molecule has 0 aliphatic carbocycles. The zero-order chi connectivity index (χ0) is 34.2. The van der Waals surface area contributed by atoms with Crippen LogP contribution in [0.4, 0.5) is 5.69 Å². The number of carbonyl (C=O) groups is 1. The Hall–Kier alpha value is -4.70. The highest BCUT2D eigenvalue weighted by molar-refractivity contribution is 7.89. The maximum atomic E-state index is 13.2. The molecule has 3 rings (SSSR count). The van der Waals surface area contributed by atoms with Crippen LogP contribution in [0.2, 0.25) is 0 Å². The second-order valence-corrected chi connectivity index (χ2v) is 12.4. The van der Waals surface area contributed by atoms with Crippen LogP contribution in [-0.2, 0) is 29.7 Å². The molecule has 18 heteroatoms. The largest absolute Gasteiger partial charge is 0.465 e. The summed E-state index contributed by atoms with van der Waals surface area (Å²) in [6.07, 6.45) is 1.88. The van der Waals surface area contributed by atoms with Gasteiger partial charge in [-0.15, -0.1) is 0 Å². The zero-order valence-corrected chi connectivity index (χ0v) is 26.2. The summed E-state index contributed by atoms with van der Waals surface area (Å²) in [4.78, 5) is 26.9. The Morgan fingerprint density at radius 2 is 1.62 bits per heavy atom. The quantitative estimate of drug-likeness (QED) is 0.0299. The number of sulfonamides is 1. The third kappa shape index (κ3) is 12.4. The van der Waals surface area contributed by atoms with Crippen molar-refractivity contribution in [3.05, 3.63) is 76.3 Å². The van der Waals surface area contributed by atoms with Crippen LogP contribution in [0.1, 0.15) is 38.2 Å². The third-order valence-electron chi connectivity index (χ3n) is 5.93. The van der Waals surface area contributed by atoms with Gasteiger partial charge in [0, 0.05) is 28.8 Å². The Balaban J connectivity index is 0.000000649. The number of nitrogens with two attached hydrogens (primary N) is 2. The minimum absolute atomic E-state index is 0.0666. The summed E-state index contributed by atoms with van der Waals surface area (Å²) >= 11 is 0. The van der Waals surface area contributed by atoms with E-state index in [1.54, 1.807) is 12.1 Å². The van der Waals surface area contributed by atoms with Gasteiger partial charge in [-0.25, -0.2) is 8.42 Å². The number of hydrogen-bond acceptors (Lipinski definition) is 11. The van der Waals surface area contributed by atoms with Crippen molar-refractivity contribution in [3.8, 4) is 0 Å². The molecular formula is C27H35N7O9S2. The first kappa shape index (κ1) is 38.3. The second kappa shape index (κ2) is 18.2. The molecule has 0 aliphatic rings. The van der Waals surface area contributed by atoms with Gasteiger partial charge in [-0.05, 0) is 50.5 Å². The summed E-state index contributed by atoms with van der Waals surface area (Å²) in [5.41, 5.74) is 11.3. The van der Waals surface area contributed by atoms with Gasteiger partial charge in [0.1, 0.15) is 6.04 Å². The van der Waals surface area contributed by atoms with Gasteiger partial charge in [0.2, 0.25) is 10.0 Å². The highest BCUT2D eigenvalue weighted by Gasteiger charge is 2.28. The molecule has 0 amide bonds. The Morgan fingerprint density at radius 3 is 2.18 bits per heavy atom. The molecule has 0 unspecified atom stereocenters. The molecule has 45 heavy (non-hydrogen) atoms. The molecule has 0 saturated heterocycles. The fraction of sp³-hybridized carbons (Fsp3) is 0.333. The first-order chi connectivity index (χ1) is 21.2. The molecule has 0 fully saturated rings. The number of guanidine groups is 1. The fourth-order valence-corrected chi connectivity index (χ4v) is 5.69. The average molecular weight is 666 g/mol. The molecule has 0 spiro atoms. The lowest BCUT2D eigenvalue weighted by molar-refractivity contribution is -0.383. The van der Waals surface area contributed by atoms with Gasteiger partial charge in [0.25, 0.3) is 15.8 Å². The molecule has 0 radical (unpaired) electrons. The topological polar surface area (TPSA) is 282 Å². The monoisotopic (exact) mass is 665 g/mol. The van der Waals surface area contributed by atoms with Crippen molar-refractivity contribution in [2.45, 2.75) is 55.4 Å². The predicted molar refractivity (Wildman–Crippen MR) is 165 cm³/mol.